The molecule has 21 nitrogen and oxygen atoms in total. The Morgan fingerprint density at radius 1 is 0.653 bits per heavy atom. The lowest BCUT2D eigenvalue weighted by molar-refractivity contribution is -0.388. The molecule has 9 rings (SSSR count). The normalized spacial score (nSPS) is 52.9. The third-order valence-electron chi connectivity index (χ3n) is 18.8. The van der Waals surface area contributed by atoms with E-state index in [4.69, 9.17) is 42.6 Å². The van der Waals surface area contributed by atoms with Crippen LogP contribution < -0.4 is 0 Å². The van der Waals surface area contributed by atoms with Crippen LogP contribution in [-0.2, 0) is 42.6 Å². The molecule has 0 radical (unpaired) electrons. The lowest BCUT2D eigenvalue weighted by Crippen LogP contribution is -2.66. The number of hydrogen-bond donors (Lipinski definition) is 12. The molecule has 4 aliphatic carbocycles. The second kappa shape index (κ2) is 21.7. The van der Waals surface area contributed by atoms with Crippen molar-refractivity contribution in [1.29, 1.82) is 0 Å². The van der Waals surface area contributed by atoms with Gasteiger partial charge < -0.3 is 104 Å². The number of allylic oxidation sites excluding steroid dienone is 2. The molecule has 3 saturated carbocycles. The number of ether oxygens (including phenoxy) is 9. The number of rotatable bonds is 14. The Morgan fingerprint density at radius 2 is 1.25 bits per heavy atom. The van der Waals surface area contributed by atoms with Gasteiger partial charge >= 0.3 is 0 Å². The van der Waals surface area contributed by atoms with E-state index in [1.54, 1.807) is 0 Å². The Balaban J connectivity index is 0.849. The zero-order chi connectivity index (χ0) is 51.9. The van der Waals surface area contributed by atoms with E-state index in [1.165, 1.54) is 25.0 Å². The SMILES string of the molecule is CC1=C(CCC(C)CO[C@@H]2O[C@H](CO)[C@@H](O)[C@H](O)[C@H]2O)OC2CC3C4CC=C5CC(O[C@@H]6O[C@H](CO)[C@@H](O[C@@H]7O[C@@H](C)[C@H](O)[C@@H](O)[C@H]7O)[C@H](O)[C@H]6O[C@@H]6O[C@@H](C)[C@H](O)[C@@H](O)[C@H]6O)CCC5(C)C4CCC3(C)C12. The first-order valence-electron chi connectivity index (χ1n) is 26.4. The van der Waals surface area contributed by atoms with Crippen LogP contribution in [0.25, 0.3) is 0 Å². The van der Waals surface area contributed by atoms with Crippen LogP contribution in [0.15, 0.2) is 23.0 Å². The van der Waals surface area contributed by atoms with Crippen LogP contribution in [0.5, 0.6) is 0 Å². The molecule has 12 N–H and O–H groups in total. The Labute approximate surface area is 420 Å². The maximum atomic E-state index is 12.0. The minimum Gasteiger partial charge on any atom is -0.494 e. The van der Waals surface area contributed by atoms with E-state index >= 15 is 0 Å². The third-order valence-corrected chi connectivity index (χ3v) is 18.8. The summed E-state index contributed by atoms with van der Waals surface area (Å²) in [5.74, 6) is 2.80. The molecule has 412 valence electrons. The van der Waals surface area contributed by atoms with Gasteiger partial charge in [0.05, 0.1) is 43.9 Å². The van der Waals surface area contributed by atoms with Gasteiger partial charge in [-0.05, 0) is 112 Å². The van der Waals surface area contributed by atoms with Crippen LogP contribution in [0.2, 0.25) is 0 Å². The summed E-state index contributed by atoms with van der Waals surface area (Å²) in [4.78, 5) is 0. The van der Waals surface area contributed by atoms with E-state index in [2.05, 4.69) is 26.8 Å². The van der Waals surface area contributed by atoms with Crippen LogP contribution in [0.1, 0.15) is 99.3 Å². The summed E-state index contributed by atoms with van der Waals surface area (Å²) >= 11 is 0. The molecule has 5 heterocycles. The zero-order valence-electron chi connectivity index (χ0n) is 42.2. The fourth-order valence-corrected chi connectivity index (χ4v) is 14.5. The minimum absolute atomic E-state index is 0.0680. The van der Waals surface area contributed by atoms with E-state index in [0.29, 0.717) is 36.5 Å². The summed E-state index contributed by atoms with van der Waals surface area (Å²) in [5, 5.41) is 126. The Bertz CT molecular complexity index is 1920. The first-order valence-corrected chi connectivity index (χ1v) is 26.4. The molecule has 4 saturated heterocycles. The van der Waals surface area contributed by atoms with E-state index in [-0.39, 0.29) is 29.5 Å². The molecule has 29 atom stereocenters. The summed E-state index contributed by atoms with van der Waals surface area (Å²) in [5.41, 5.74) is 2.59. The van der Waals surface area contributed by atoms with Crippen molar-refractivity contribution in [2.75, 3.05) is 19.8 Å². The van der Waals surface area contributed by atoms with Crippen molar-refractivity contribution in [3.8, 4) is 0 Å². The molecule has 9 aliphatic rings. The molecule has 0 bridgehead atoms. The van der Waals surface area contributed by atoms with Crippen LogP contribution in [0.4, 0.5) is 0 Å². The monoisotopic (exact) mass is 1030 g/mol. The maximum Gasteiger partial charge on any atom is 0.187 e. The molecule has 72 heavy (non-hydrogen) atoms. The molecular formula is C51H82O21. The molecule has 5 aliphatic heterocycles. The van der Waals surface area contributed by atoms with Crippen molar-refractivity contribution in [2.45, 2.75) is 234 Å². The van der Waals surface area contributed by atoms with Gasteiger partial charge in [0, 0.05) is 12.3 Å². The predicted molar refractivity (Wildman–Crippen MR) is 247 cm³/mol. The van der Waals surface area contributed by atoms with Gasteiger partial charge in [-0.25, -0.2) is 0 Å². The minimum atomic E-state index is -1.74. The van der Waals surface area contributed by atoms with Crippen molar-refractivity contribution < 1.29 is 104 Å². The second-order valence-corrected chi connectivity index (χ2v) is 23.2. The first-order chi connectivity index (χ1) is 34.1. The topological polar surface area (TPSA) is 326 Å². The van der Waals surface area contributed by atoms with Crippen molar-refractivity contribution in [3.05, 3.63) is 23.0 Å². The van der Waals surface area contributed by atoms with E-state index in [1.807, 2.05) is 6.92 Å². The lowest BCUT2D eigenvalue weighted by atomic mass is 9.47. The van der Waals surface area contributed by atoms with Crippen molar-refractivity contribution in [3.63, 3.8) is 0 Å². The smallest absolute Gasteiger partial charge is 0.187 e. The molecule has 0 spiro atoms. The number of fused-ring (bicyclic) bond motifs is 7. The van der Waals surface area contributed by atoms with Gasteiger partial charge in [0.2, 0.25) is 0 Å². The highest BCUT2D eigenvalue weighted by Gasteiger charge is 2.64. The van der Waals surface area contributed by atoms with Gasteiger partial charge in [0.15, 0.2) is 25.2 Å². The van der Waals surface area contributed by atoms with Crippen molar-refractivity contribution in [1.82, 2.24) is 0 Å². The second-order valence-electron chi connectivity index (χ2n) is 23.2. The van der Waals surface area contributed by atoms with Gasteiger partial charge in [-0.15, -0.1) is 0 Å². The Hall–Kier alpha value is -1.52. The van der Waals surface area contributed by atoms with Crippen molar-refractivity contribution >= 4 is 0 Å². The maximum absolute atomic E-state index is 12.0. The number of aliphatic hydroxyl groups is 12. The lowest BCUT2D eigenvalue weighted by Gasteiger charge is -2.58. The first kappa shape index (κ1) is 55.2. The van der Waals surface area contributed by atoms with Gasteiger partial charge in [-0.3, -0.25) is 0 Å². The van der Waals surface area contributed by atoms with E-state index < -0.39 is 142 Å². The largest absolute Gasteiger partial charge is 0.494 e. The van der Waals surface area contributed by atoms with Crippen molar-refractivity contribution in [2.24, 2.45) is 40.4 Å². The highest BCUT2D eigenvalue weighted by Crippen LogP contribution is 2.69. The Kier molecular flexibility index (Phi) is 16.7. The number of aliphatic hydroxyl groups excluding tert-OH is 12. The standard InChI is InChI=1S/C51H82O21/c1-20(19-64-46-40(60)39(59)36(56)31(17-52)69-46)7-10-29-21(2)33-30(68-29)16-28-26-9-8-24-15-25(11-13-50(24,5)27(26)12-14-51(28,33)6)67-49-45(72-48-42(62)38(58)35(55)23(4)66-48)43(63)44(32(18-53)70-49)71-47-41(61)37(57)34(54)22(3)65-47/h8,20,22-23,25-28,30-49,52-63H,7,9-19H2,1-6H3/t20?,22-,23-,25?,26?,27?,28?,30?,31+,32+,33?,34-,35-,36+,37+,38+,39-,40+,41+,42+,43-,44+,45+,46+,47-,48-,49+,50?,51?/m0/s1. The summed E-state index contributed by atoms with van der Waals surface area (Å²) < 4.78 is 54.8. The van der Waals surface area contributed by atoms with Crippen LogP contribution in [0, 0.1) is 40.4 Å². The molecular weight excluding hydrogens is 949 g/mol. The van der Waals surface area contributed by atoms with E-state index in [9.17, 15) is 61.3 Å². The quantitative estimate of drug-likeness (QED) is 0.0926. The molecule has 0 aromatic carbocycles. The average molecular weight is 1030 g/mol. The molecule has 0 aromatic rings. The van der Waals surface area contributed by atoms with Crippen LogP contribution >= 0.6 is 0 Å². The molecule has 0 amide bonds. The number of hydrogen-bond acceptors (Lipinski definition) is 21. The third kappa shape index (κ3) is 9.90. The van der Waals surface area contributed by atoms with Gasteiger partial charge in [-0.2, -0.15) is 0 Å². The zero-order valence-corrected chi connectivity index (χ0v) is 42.2. The summed E-state index contributed by atoms with van der Waals surface area (Å²) in [7, 11) is 0. The van der Waals surface area contributed by atoms with Crippen LogP contribution in [-0.4, -0.2) is 216 Å². The summed E-state index contributed by atoms with van der Waals surface area (Å²) in [6.07, 6.45) is -18.8. The molecule has 21 heteroatoms. The fourth-order valence-electron chi connectivity index (χ4n) is 14.5. The molecule has 0 aromatic heterocycles. The van der Waals surface area contributed by atoms with Crippen LogP contribution in [0.3, 0.4) is 0 Å². The highest BCUT2D eigenvalue weighted by molar-refractivity contribution is 5.30. The predicted octanol–water partition coefficient (Wildman–Crippen LogP) is -1.03. The van der Waals surface area contributed by atoms with Gasteiger partial charge in [-0.1, -0.05) is 32.4 Å². The molecule has 9 unspecified atom stereocenters. The van der Waals surface area contributed by atoms with Gasteiger partial charge in [0.25, 0.3) is 0 Å². The average Bonchev–Trinajstić information content (AvgIpc) is 3.85. The highest BCUT2D eigenvalue weighted by atomic mass is 16.8. The fraction of sp³-hybridized carbons (Fsp3) is 0.922. The van der Waals surface area contributed by atoms with Gasteiger partial charge in [0.1, 0.15) is 91.6 Å². The molecule has 7 fully saturated rings. The summed E-state index contributed by atoms with van der Waals surface area (Å²) in [6.45, 7) is 11.1. The summed E-state index contributed by atoms with van der Waals surface area (Å²) in [6, 6.07) is 0. The Morgan fingerprint density at radius 3 is 1.89 bits per heavy atom. The van der Waals surface area contributed by atoms with E-state index in [0.717, 1.165) is 50.7 Å².